The van der Waals surface area contributed by atoms with Crippen molar-refractivity contribution in [3.05, 3.63) is 0 Å². The molecule has 8 aliphatic rings. The summed E-state index contributed by atoms with van der Waals surface area (Å²) in [7, 11) is 0. The van der Waals surface area contributed by atoms with Gasteiger partial charge in [-0.05, 0) is 6.42 Å². The van der Waals surface area contributed by atoms with Gasteiger partial charge in [-0.3, -0.25) is 0 Å². The van der Waals surface area contributed by atoms with E-state index < -0.39 is 191 Å². The quantitative estimate of drug-likeness (QED) is 0.0817. The van der Waals surface area contributed by atoms with Crippen molar-refractivity contribution in [2.75, 3.05) is 26.4 Å². The lowest BCUT2D eigenvalue weighted by atomic mass is 9.88. The number of hydrogen-bond donors (Lipinski definition) is 14. The van der Waals surface area contributed by atoms with Gasteiger partial charge in [0.2, 0.25) is 6.29 Å². The van der Waals surface area contributed by atoms with Crippen molar-refractivity contribution in [2.45, 2.75) is 161 Å². The number of rotatable bonds is 13. The highest BCUT2D eigenvalue weighted by molar-refractivity contribution is 5.75. The summed E-state index contributed by atoms with van der Waals surface area (Å²) >= 11 is 0. The van der Waals surface area contributed by atoms with Crippen molar-refractivity contribution in [3.63, 3.8) is 0 Å². The minimum Gasteiger partial charge on any atom is -0.450 e. The Labute approximate surface area is 340 Å². The Morgan fingerprint density at radius 1 is 0.550 bits per heavy atom. The lowest BCUT2D eigenvalue weighted by Crippen LogP contribution is -2.68. The van der Waals surface area contributed by atoms with E-state index in [4.69, 9.17) is 47.4 Å². The van der Waals surface area contributed by atoms with Gasteiger partial charge in [0.1, 0.15) is 67.1 Å². The topological polar surface area (TPSA) is 388 Å². The first kappa shape index (κ1) is 45.1. The zero-order valence-corrected chi connectivity index (χ0v) is 32.3. The number of ether oxygens (including phenoxy) is 10. The number of hydrogen-bond acceptors (Lipinski definition) is 25. The molecular weight excluding hydrogens is 818 g/mol. The van der Waals surface area contributed by atoms with E-state index in [1.807, 2.05) is 0 Å². The molecule has 6 heterocycles. The lowest BCUT2D eigenvalue weighted by molar-refractivity contribution is -0.464. The van der Waals surface area contributed by atoms with Crippen LogP contribution in [0.3, 0.4) is 0 Å². The van der Waals surface area contributed by atoms with Crippen molar-refractivity contribution in [1.29, 1.82) is 0 Å². The maximum atomic E-state index is 11.4. The molecule has 7 fully saturated rings. The molecule has 2 aliphatic carbocycles. The number of aliphatic hydroxyl groups excluding tert-OH is 12. The second kappa shape index (κ2) is 16.8. The Hall–Kier alpha value is -1.45. The molecule has 344 valence electrons. The summed E-state index contributed by atoms with van der Waals surface area (Å²) in [5.41, 5.74) is 0. The van der Waals surface area contributed by atoms with Crippen LogP contribution in [-0.4, -0.2) is 244 Å². The highest BCUT2D eigenvalue weighted by Crippen LogP contribution is 2.56. The number of aliphatic hydroxyl groups is 14. The monoisotopic (exact) mass is 873 g/mol. The molecule has 0 aromatic rings. The second-order valence-corrected chi connectivity index (χ2v) is 16.7. The molecule has 60 heavy (non-hydrogen) atoms. The number of fused-ring (bicyclic) bond motifs is 3. The predicted molar refractivity (Wildman–Crippen MR) is 184 cm³/mol. The predicted octanol–water partition coefficient (Wildman–Crippen LogP) is -8.63. The standard InChI is InChI=1S/C35H55NO24/c1-3-11-19(40)24(45)26(47)33(55-11)53-7-13-20(41)25(46)27(48)32(57-13)52-6-10-17(38)21(42)14-29(59-34(10,14)49)51-5-9-18(39)22(43)15-30(60-35(9,15)50)58-28-12(4-37)56-31-16(23(28)44)36-8(2)54-31/h9-33,37-50H,3-7H2,1-2H3/t9?,10?,11?,12?,13?,14?,15?,16?,17-,18-,19-,20-,21?,22?,23?,24?,25?,26?,27?,28-,29+,30-,31+,32+,33+,34?,35?/m1/s1. The summed E-state index contributed by atoms with van der Waals surface area (Å²) < 4.78 is 56.2. The van der Waals surface area contributed by atoms with E-state index in [0.717, 1.165) is 0 Å². The van der Waals surface area contributed by atoms with E-state index in [-0.39, 0.29) is 12.3 Å². The summed E-state index contributed by atoms with van der Waals surface area (Å²) in [5, 5.41) is 150. The first-order valence-corrected chi connectivity index (χ1v) is 19.9. The molecule has 0 spiro atoms. The van der Waals surface area contributed by atoms with Gasteiger partial charge in [-0.15, -0.1) is 0 Å². The van der Waals surface area contributed by atoms with Crippen LogP contribution in [-0.2, 0) is 47.4 Å². The molecule has 17 unspecified atom stereocenters. The molecule has 8 rings (SSSR count). The summed E-state index contributed by atoms with van der Waals surface area (Å²) in [6, 6.07) is -0.887. The van der Waals surface area contributed by atoms with Crippen LogP contribution in [0, 0.1) is 23.7 Å². The second-order valence-electron chi connectivity index (χ2n) is 16.7. The van der Waals surface area contributed by atoms with Gasteiger partial charge in [-0.1, -0.05) is 6.92 Å². The van der Waals surface area contributed by atoms with Crippen LogP contribution < -0.4 is 0 Å². The number of aliphatic imine (C=N–C) groups is 1. The maximum absolute atomic E-state index is 11.4. The molecule has 0 amide bonds. The van der Waals surface area contributed by atoms with E-state index >= 15 is 0 Å². The van der Waals surface area contributed by atoms with E-state index in [9.17, 15) is 71.5 Å². The van der Waals surface area contributed by atoms with Gasteiger partial charge in [-0.2, -0.15) is 0 Å². The van der Waals surface area contributed by atoms with Crippen LogP contribution >= 0.6 is 0 Å². The average Bonchev–Trinajstić information content (AvgIpc) is 3.70. The molecule has 6 aliphatic heterocycles. The Bertz CT molecular complexity index is 1550. The van der Waals surface area contributed by atoms with Crippen molar-refractivity contribution in [2.24, 2.45) is 28.7 Å². The fourth-order valence-electron chi connectivity index (χ4n) is 9.67. The van der Waals surface area contributed by atoms with Crippen molar-refractivity contribution in [3.8, 4) is 0 Å². The molecule has 5 saturated heterocycles. The molecular formula is C35H55NO24. The summed E-state index contributed by atoms with van der Waals surface area (Å²) in [6.45, 7) is 0.828. The van der Waals surface area contributed by atoms with Gasteiger partial charge in [0.05, 0.1) is 80.6 Å². The van der Waals surface area contributed by atoms with Gasteiger partial charge >= 0.3 is 0 Å². The van der Waals surface area contributed by atoms with Crippen LogP contribution in [0.1, 0.15) is 20.3 Å². The van der Waals surface area contributed by atoms with Crippen LogP contribution in [0.15, 0.2) is 4.99 Å². The first-order valence-electron chi connectivity index (χ1n) is 19.9. The molecule has 0 bridgehead atoms. The Morgan fingerprint density at radius 2 is 1.05 bits per heavy atom. The van der Waals surface area contributed by atoms with Crippen molar-refractivity contribution >= 4 is 5.90 Å². The fourth-order valence-corrected chi connectivity index (χ4v) is 9.67. The highest BCUT2D eigenvalue weighted by Gasteiger charge is 2.74. The molecule has 25 heteroatoms. The van der Waals surface area contributed by atoms with E-state index in [0.29, 0.717) is 0 Å². The maximum Gasteiger partial charge on any atom is 0.227 e. The van der Waals surface area contributed by atoms with Gasteiger partial charge in [0.15, 0.2) is 42.6 Å². The third-order valence-electron chi connectivity index (χ3n) is 13.2. The van der Waals surface area contributed by atoms with E-state index in [1.165, 1.54) is 0 Å². The van der Waals surface area contributed by atoms with Crippen LogP contribution in [0.4, 0.5) is 0 Å². The molecule has 2 saturated carbocycles. The molecule has 0 aromatic heterocycles. The first-order chi connectivity index (χ1) is 28.4. The van der Waals surface area contributed by atoms with Crippen LogP contribution in [0.5, 0.6) is 0 Å². The van der Waals surface area contributed by atoms with Crippen LogP contribution in [0.25, 0.3) is 0 Å². The third kappa shape index (κ3) is 7.21. The minimum absolute atomic E-state index is 0.253. The smallest absolute Gasteiger partial charge is 0.227 e. The Morgan fingerprint density at radius 3 is 1.62 bits per heavy atom. The van der Waals surface area contributed by atoms with Crippen LogP contribution in [0.2, 0.25) is 0 Å². The lowest BCUT2D eigenvalue weighted by Gasteiger charge is -2.53. The summed E-state index contributed by atoms with van der Waals surface area (Å²) in [4.78, 5) is 4.18. The molecule has 27 atom stereocenters. The summed E-state index contributed by atoms with van der Waals surface area (Å²) in [5.74, 6) is -9.65. The Kier molecular flexibility index (Phi) is 12.7. The third-order valence-corrected chi connectivity index (χ3v) is 13.2. The highest BCUT2D eigenvalue weighted by atomic mass is 16.8. The Balaban J connectivity index is 0.849. The van der Waals surface area contributed by atoms with Gasteiger partial charge < -0.3 is 119 Å². The summed E-state index contributed by atoms with van der Waals surface area (Å²) in [6.07, 6.45) is -29.6. The fraction of sp³-hybridized carbons (Fsp3) is 0.971. The zero-order valence-electron chi connectivity index (χ0n) is 32.3. The minimum atomic E-state index is -2.29. The number of nitrogens with zero attached hydrogens (tertiary/aromatic N) is 1. The van der Waals surface area contributed by atoms with Gasteiger partial charge in [0.25, 0.3) is 0 Å². The van der Waals surface area contributed by atoms with Crippen molar-refractivity contribution in [1.82, 2.24) is 0 Å². The van der Waals surface area contributed by atoms with Gasteiger partial charge in [0, 0.05) is 6.92 Å². The zero-order chi connectivity index (χ0) is 43.3. The van der Waals surface area contributed by atoms with E-state index in [2.05, 4.69) is 4.99 Å². The molecule has 0 radical (unpaired) electrons. The SMILES string of the molecule is CCC1O[C@H](OCC2O[C@H](OCC3[C@@H](O)C(O)C4[C@@H](OCC5[C@@H](O)C(O)C6[C@H](O[C@@H]7C(CO)O[C@@H]8OC(C)=NC8C7O)OC65O)OC43O)C(O)C(O)[C@@H]2O)C(O)C(O)[C@@H]1O. The average molecular weight is 874 g/mol. The molecule has 0 aromatic carbocycles. The molecule has 25 nitrogen and oxygen atoms in total. The molecule has 14 N–H and O–H groups in total. The normalized spacial score (nSPS) is 57.1. The van der Waals surface area contributed by atoms with Crippen molar-refractivity contribution < 1.29 is 119 Å². The van der Waals surface area contributed by atoms with Gasteiger partial charge in [-0.25, -0.2) is 4.99 Å². The van der Waals surface area contributed by atoms with E-state index in [1.54, 1.807) is 13.8 Å². The largest absolute Gasteiger partial charge is 0.450 e.